The van der Waals surface area contributed by atoms with Gasteiger partial charge in [-0.3, -0.25) is 9.98 Å². The molecule has 0 radical (unpaired) electrons. The molecule has 0 N–H and O–H groups in total. The Morgan fingerprint density at radius 3 is 1.57 bits per heavy atom. The first-order valence-corrected chi connectivity index (χ1v) is 18.7. The molecule has 3 heterocycles. The maximum absolute atomic E-state index is 10.5. The summed E-state index contributed by atoms with van der Waals surface area (Å²) < 4.78 is 25.3. The molecule has 0 bridgehead atoms. The Balaban J connectivity index is 1.74. The predicted molar refractivity (Wildman–Crippen MR) is 193 cm³/mol. The maximum Gasteiger partial charge on any atom is 0.497 e. The molecule has 2 unspecified atom stereocenters. The number of fused-ring (bicyclic) bond motifs is 1. The van der Waals surface area contributed by atoms with Gasteiger partial charge in [-0.2, -0.15) is 5.26 Å². The minimum absolute atomic E-state index is 0.0725. The average molecular weight is 648 g/mol. The first-order chi connectivity index (χ1) is 22.1. The van der Waals surface area contributed by atoms with Crippen molar-refractivity contribution in [2.75, 3.05) is 26.4 Å². The summed E-state index contributed by atoms with van der Waals surface area (Å²) >= 11 is 0. The standard InChI is InChI=1S/C38H63B2N3O4/c1-27(2)13-11-15-29(5)17-19-38(20-18-30(6)16-12-14-28(3)4)42-34-32(39-44-23-36(7,8)24-45-39)21-31(22-41)33(35(34)43-38)40-46-25-37(9,10)26-47-40/h21,27-30H,11-20,23-26H2,1-10H3. The topological polar surface area (TPSA) is 85.4 Å². The van der Waals surface area contributed by atoms with E-state index in [9.17, 15) is 5.26 Å². The lowest BCUT2D eigenvalue weighted by Crippen LogP contribution is -2.62. The largest absolute Gasteiger partial charge is 0.497 e. The molecule has 0 aromatic heterocycles. The molecule has 9 heteroatoms. The van der Waals surface area contributed by atoms with Gasteiger partial charge in [-0.15, -0.1) is 0 Å². The smallest absolute Gasteiger partial charge is 0.407 e. The molecule has 0 spiro atoms. The van der Waals surface area contributed by atoms with Gasteiger partial charge < -0.3 is 18.6 Å². The van der Waals surface area contributed by atoms with E-state index in [-0.39, 0.29) is 10.8 Å². The van der Waals surface area contributed by atoms with E-state index < -0.39 is 19.9 Å². The van der Waals surface area contributed by atoms with Crippen LogP contribution in [-0.2, 0) is 18.6 Å². The number of rotatable bonds is 16. The highest BCUT2D eigenvalue weighted by Gasteiger charge is 2.43. The van der Waals surface area contributed by atoms with Crippen LogP contribution in [0.25, 0.3) is 0 Å². The third-order valence-corrected chi connectivity index (χ3v) is 10.1. The van der Waals surface area contributed by atoms with Crippen LogP contribution in [0.4, 0.5) is 0 Å². The fraction of sp³-hybridized carbons (Fsp3) is 0.816. The van der Waals surface area contributed by atoms with Gasteiger partial charge in [0.2, 0.25) is 0 Å². The summed E-state index contributed by atoms with van der Waals surface area (Å²) in [5, 5.41) is 12.0. The van der Waals surface area contributed by atoms with E-state index in [1.165, 1.54) is 38.5 Å². The van der Waals surface area contributed by atoms with Crippen molar-refractivity contribution in [2.24, 2.45) is 44.5 Å². The maximum atomic E-state index is 10.5. The third kappa shape index (κ3) is 10.6. The minimum atomic E-state index is -0.660. The number of nitrogens with zero attached hydrogens (tertiary/aromatic N) is 3. The molecule has 2 atom stereocenters. The van der Waals surface area contributed by atoms with Crippen molar-refractivity contribution in [3.63, 3.8) is 0 Å². The highest BCUT2D eigenvalue weighted by molar-refractivity contribution is 6.64. The molecule has 3 aliphatic heterocycles. The van der Waals surface area contributed by atoms with E-state index in [0.717, 1.165) is 53.7 Å². The number of hydrogen-bond donors (Lipinski definition) is 0. The molecule has 0 aliphatic carbocycles. The van der Waals surface area contributed by atoms with Crippen LogP contribution >= 0.6 is 0 Å². The van der Waals surface area contributed by atoms with E-state index in [1.54, 1.807) is 0 Å². The average Bonchev–Trinajstić information content (AvgIpc) is 3.38. The van der Waals surface area contributed by atoms with Gasteiger partial charge in [0.15, 0.2) is 5.66 Å². The Hall–Kier alpha value is -1.72. The van der Waals surface area contributed by atoms with Crippen LogP contribution < -0.4 is 21.6 Å². The van der Waals surface area contributed by atoms with Gasteiger partial charge in [0, 0.05) is 48.2 Å². The van der Waals surface area contributed by atoms with E-state index in [1.807, 2.05) is 6.07 Å². The van der Waals surface area contributed by atoms with E-state index >= 15 is 0 Å². The molecule has 3 aliphatic rings. The summed E-state index contributed by atoms with van der Waals surface area (Å²) in [5.41, 5.74) is 1.24. The number of benzene rings is 1. The van der Waals surface area contributed by atoms with Crippen molar-refractivity contribution in [2.45, 2.75) is 139 Å². The Morgan fingerprint density at radius 2 is 1.13 bits per heavy atom. The summed E-state index contributed by atoms with van der Waals surface area (Å²) in [6, 6.07) is 4.36. The SMILES string of the molecule is CC(C)CCCC(C)CCC1(CCC(C)CCCC(C)C)N=c2c(B3OCC(C)(C)CO3)cc(C#N)c(B3OCC(C)(C)CO3)c2=N1. The Kier molecular flexibility index (Phi) is 13.2. The Morgan fingerprint density at radius 1 is 0.681 bits per heavy atom. The van der Waals surface area contributed by atoms with Crippen LogP contribution in [-0.4, -0.2) is 46.3 Å². The summed E-state index contributed by atoms with van der Waals surface area (Å²) in [4.78, 5) is 11.1. The van der Waals surface area contributed by atoms with Gasteiger partial charge >= 0.3 is 14.2 Å². The van der Waals surface area contributed by atoms with E-state index in [2.05, 4.69) is 75.3 Å². The Labute approximate surface area is 287 Å². The van der Waals surface area contributed by atoms with Crippen LogP contribution in [0, 0.1) is 45.8 Å². The zero-order valence-electron chi connectivity index (χ0n) is 31.4. The zero-order valence-corrected chi connectivity index (χ0v) is 31.4. The van der Waals surface area contributed by atoms with Crippen molar-refractivity contribution < 1.29 is 18.6 Å². The second-order valence-corrected chi connectivity index (χ2v) is 17.6. The first-order valence-electron chi connectivity index (χ1n) is 18.7. The lowest BCUT2D eigenvalue weighted by Gasteiger charge is -2.34. The second kappa shape index (κ2) is 16.3. The Bertz CT molecular complexity index is 1310. The number of hydrogen-bond acceptors (Lipinski definition) is 7. The van der Waals surface area contributed by atoms with Crippen LogP contribution in [0.3, 0.4) is 0 Å². The molecular weight excluding hydrogens is 584 g/mol. The van der Waals surface area contributed by atoms with Crippen molar-refractivity contribution in [3.05, 3.63) is 22.3 Å². The van der Waals surface area contributed by atoms with Crippen LogP contribution in [0.15, 0.2) is 16.1 Å². The summed E-state index contributed by atoms with van der Waals surface area (Å²) in [5.74, 6) is 2.65. The van der Waals surface area contributed by atoms with Gasteiger partial charge in [0.05, 0.1) is 22.3 Å². The van der Waals surface area contributed by atoms with Crippen LogP contribution in [0.5, 0.6) is 0 Å². The molecule has 0 saturated carbocycles. The van der Waals surface area contributed by atoms with Gasteiger partial charge in [0.25, 0.3) is 0 Å². The molecule has 1 aromatic rings. The van der Waals surface area contributed by atoms with Crippen molar-refractivity contribution in [1.82, 2.24) is 0 Å². The summed E-state index contributed by atoms with van der Waals surface area (Å²) in [7, 11) is -1.25. The van der Waals surface area contributed by atoms with E-state index in [4.69, 9.17) is 28.6 Å². The third-order valence-electron chi connectivity index (χ3n) is 10.1. The molecule has 2 fully saturated rings. The molecule has 260 valence electrons. The van der Waals surface area contributed by atoms with Crippen LogP contribution in [0.2, 0.25) is 0 Å². The lowest BCUT2D eigenvalue weighted by atomic mass is 9.68. The molecule has 2 saturated heterocycles. The summed E-state index contributed by atoms with van der Waals surface area (Å²) in [6.07, 6.45) is 11.4. The van der Waals surface area contributed by atoms with Gasteiger partial charge in [-0.1, -0.05) is 108 Å². The first kappa shape index (κ1) is 38.1. The van der Waals surface area contributed by atoms with Gasteiger partial charge in [0.1, 0.15) is 0 Å². The molecule has 47 heavy (non-hydrogen) atoms. The van der Waals surface area contributed by atoms with Crippen molar-refractivity contribution in [1.29, 1.82) is 5.26 Å². The molecule has 1 aromatic carbocycles. The zero-order chi connectivity index (χ0) is 34.4. The number of nitriles is 1. The van der Waals surface area contributed by atoms with Gasteiger partial charge in [-0.25, -0.2) is 0 Å². The normalized spacial score (nSPS) is 23.3. The highest BCUT2D eigenvalue weighted by atomic mass is 16.6. The summed E-state index contributed by atoms with van der Waals surface area (Å²) in [6.45, 7) is 24.8. The quantitative estimate of drug-likeness (QED) is 0.191. The van der Waals surface area contributed by atoms with E-state index in [0.29, 0.717) is 49.3 Å². The minimum Gasteiger partial charge on any atom is -0.407 e. The second-order valence-electron chi connectivity index (χ2n) is 17.6. The van der Waals surface area contributed by atoms with Crippen molar-refractivity contribution >= 4 is 25.2 Å². The molecule has 7 nitrogen and oxygen atoms in total. The highest BCUT2D eigenvalue weighted by Crippen LogP contribution is 2.33. The fourth-order valence-corrected chi connectivity index (χ4v) is 6.95. The molecule has 0 amide bonds. The predicted octanol–water partition coefficient (Wildman–Crippen LogP) is 6.53. The molecule has 4 rings (SSSR count). The van der Waals surface area contributed by atoms with Crippen molar-refractivity contribution in [3.8, 4) is 6.07 Å². The van der Waals surface area contributed by atoms with Crippen LogP contribution in [0.1, 0.15) is 139 Å². The lowest BCUT2D eigenvalue weighted by molar-refractivity contribution is 0.0338. The molecular formula is C38H63B2N3O4. The van der Waals surface area contributed by atoms with Gasteiger partial charge in [-0.05, 0) is 55.4 Å². The monoisotopic (exact) mass is 648 g/mol. The fourth-order valence-electron chi connectivity index (χ4n) is 6.95.